The summed E-state index contributed by atoms with van der Waals surface area (Å²) < 4.78 is 12.1. The van der Waals surface area contributed by atoms with Crippen molar-refractivity contribution in [2.24, 2.45) is 11.8 Å². The van der Waals surface area contributed by atoms with E-state index in [0.717, 1.165) is 4.47 Å². The van der Waals surface area contributed by atoms with Crippen LogP contribution in [0.4, 0.5) is 0 Å². The summed E-state index contributed by atoms with van der Waals surface area (Å²) in [6, 6.07) is 11.9. The Kier molecular flexibility index (Phi) is 8.51. The topological polar surface area (TPSA) is 76.7 Å². The summed E-state index contributed by atoms with van der Waals surface area (Å²) >= 11 is 3.35. The average molecular weight is 463 g/mol. The van der Waals surface area contributed by atoms with Crippen LogP contribution in [0.25, 0.3) is 0 Å². The second-order valence-corrected chi connectivity index (χ2v) is 8.40. The number of hydrogen-bond donors (Lipinski definition) is 2. The van der Waals surface area contributed by atoms with E-state index in [1.165, 1.54) is 0 Å². The highest BCUT2D eigenvalue weighted by Gasteiger charge is 2.15. The second kappa shape index (κ2) is 10.9. The minimum Gasteiger partial charge on any atom is -0.493 e. The zero-order chi connectivity index (χ0) is 21.4. The van der Waals surface area contributed by atoms with Gasteiger partial charge in [-0.15, -0.1) is 0 Å². The molecule has 0 aliphatic heterocycles. The summed E-state index contributed by atoms with van der Waals surface area (Å²) in [5.41, 5.74) is 5.61. The van der Waals surface area contributed by atoms with Gasteiger partial charge in [-0.2, -0.15) is 0 Å². The lowest BCUT2D eigenvalue weighted by Gasteiger charge is -2.14. The maximum atomic E-state index is 12.6. The molecule has 2 rings (SSSR count). The molecule has 0 spiro atoms. The maximum Gasteiger partial charge on any atom is 0.273 e. The van der Waals surface area contributed by atoms with E-state index in [4.69, 9.17) is 9.47 Å². The van der Waals surface area contributed by atoms with E-state index in [1.54, 1.807) is 42.5 Å². The Bertz CT molecular complexity index is 835. The van der Waals surface area contributed by atoms with E-state index >= 15 is 0 Å². The van der Waals surface area contributed by atoms with Gasteiger partial charge in [0.2, 0.25) is 0 Å². The minimum atomic E-state index is -0.463. The van der Waals surface area contributed by atoms with Gasteiger partial charge in [-0.05, 0) is 54.3 Å². The Morgan fingerprint density at radius 2 is 1.45 bits per heavy atom. The van der Waals surface area contributed by atoms with E-state index in [1.807, 2.05) is 13.8 Å². The molecule has 0 aliphatic carbocycles. The van der Waals surface area contributed by atoms with Gasteiger partial charge in [0.05, 0.1) is 18.8 Å². The molecule has 0 saturated heterocycles. The minimum absolute atomic E-state index is 0.321. The Labute approximate surface area is 180 Å². The molecule has 156 valence electrons. The lowest BCUT2D eigenvalue weighted by atomic mass is 10.2. The molecule has 2 amide bonds. The first-order chi connectivity index (χ1) is 13.8. The average Bonchev–Trinajstić information content (AvgIpc) is 2.69. The Hall–Kier alpha value is -2.54. The number of hydrazine groups is 1. The first kappa shape index (κ1) is 22.7. The first-order valence-corrected chi connectivity index (χ1v) is 10.3. The summed E-state index contributed by atoms with van der Waals surface area (Å²) in [7, 11) is 0. The van der Waals surface area contributed by atoms with Crippen molar-refractivity contribution in [2.45, 2.75) is 27.7 Å². The Balaban J connectivity index is 1.98. The van der Waals surface area contributed by atoms with Crippen LogP contribution < -0.4 is 20.3 Å². The molecule has 7 heteroatoms. The van der Waals surface area contributed by atoms with E-state index in [0.29, 0.717) is 47.7 Å². The Morgan fingerprint density at radius 1 is 0.862 bits per heavy atom. The molecule has 0 saturated carbocycles. The molecule has 2 N–H and O–H groups in total. The fraction of sp³-hybridized carbons (Fsp3) is 0.364. The number of hydrogen-bond acceptors (Lipinski definition) is 4. The molecule has 0 fully saturated rings. The van der Waals surface area contributed by atoms with Gasteiger partial charge in [0.15, 0.2) is 0 Å². The summed E-state index contributed by atoms with van der Waals surface area (Å²) in [4.78, 5) is 24.9. The predicted octanol–water partition coefficient (Wildman–Crippen LogP) is 4.59. The van der Waals surface area contributed by atoms with Gasteiger partial charge in [0.1, 0.15) is 11.5 Å². The van der Waals surface area contributed by atoms with Crippen molar-refractivity contribution in [3.8, 4) is 11.5 Å². The summed E-state index contributed by atoms with van der Waals surface area (Å²) in [5.74, 6) is 1.01. The molecule has 2 aromatic carbocycles. The standard InChI is InChI=1S/C22H27BrN2O4/c1-14(2)12-28-18-8-5-16(6-9-18)21(26)24-25-22(27)19-11-17(23)7-10-20(19)29-13-15(3)4/h5-11,14-15H,12-13H2,1-4H3,(H,24,26)(H,25,27). The van der Waals surface area contributed by atoms with Gasteiger partial charge in [0.25, 0.3) is 11.8 Å². The molecule has 0 bridgehead atoms. The van der Waals surface area contributed by atoms with Crippen LogP contribution in [0, 0.1) is 11.8 Å². The summed E-state index contributed by atoms with van der Waals surface area (Å²) in [6.45, 7) is 9.27. The number of nitrogens with one attached hydrogen (secondary N) is 2. The number of amides is 2. The molecule has 0 aliphatic rings. The van der Waals surface area contributed by atoms with Crippen molar-refractivity contribution in [1.29, 1.82) is 0 Å². The van der Waals surface area contributed by atoms with Gasteiger partial charge in [-0.25, -0.2) is 0 Å². The first-order valence-electron chi connectivity index (χ1n) is 9.52. The van der Waals surface area contributed by atoms with Crippen molar-refractivity contribution in [1.82, 2.24) is 10.9 Å². The number of carbonyl (C=O) groups excluding carboxylic acids is 2. The van der Waals surface area contributed by atoms with Gasteiger partial charge in [-0.1, -0.05) is 43.6 Å². The predicted molar refractivity (Wildman–Crippen MR) is 116 cm³/mol. The zero-order valence-electron chi connectivity index (χ0n) is 17.1. The highest BCUT2D eigenvalue weighted by Crippen LogP contribution is 2.23. The van der Waals surface area contributed by atoms with Crippen molar-refractivity contribution in [2.75, 3.05) is 13.2 Å². The number of ether oxygens (including phenoxy) is 2. The number of halogens is 1. The van der Waals surface area contributed by atoms with E-state index < -0.39 is 11.8 Å². The molecular weight excluding hydrogens is 436 g/mol. The van der Waals surface area contributed by atoms with Crippen molar-refractivity contribution in [3.05, 3.63) is 58.1 Å². The highest BCUT2D eigenvalue weighted by atomic mass is 79.9. The van der Waals surface area contributed by atoms with E-state index in [-0.39, 0.29) is 0 Å². The van der Waals surface area contributed by atoms with Crippen molar-refractivity contribution < 1.29 is 19.1 Å². The third-order valence-electron chi connectivity index (χ3n) is 3.75. The third kappa shape index (κ3) is 7.42. The normalized spacial score (nSPS) is 10.7. The third-order valence-corrected chi connectivity index (χ3v) is 4.24. The van der Waals surface area contributed by atoms with Crippen LogP contribution in [-0.4, -0.2) is 25.0 Å². The molecule has 0 aromatic heterocycles. The largest absolute Gasteiger partial charge is 0.493 e. The van der Waals surface area contributed by atoms with Crippen LogP contribution in [0.3, 0.4) is 0 Å². The fourth-order valence-electron chi connectivity index (χ4n) is 2.28. The number of rotatable bonds is 8. The Morgan fingerprint density at radius 3 is 2.07 bits per heavy atom. The van der Waals surface area contributed by atoms with Crippen LogP contribution in [0.15, 0.2) is 46.9 Å². The SMILES string of the molecule is CC(C)COc1ccc(C(=O)NNC(=O)c2cc(Br)ccc2OCC(C)C)cc1. The van der Waals surface area contributed by atoms with Gasteiger partial charge < -0.3 is 9.47 Å². The van der Waals surface area contributed by atoms with Crippen molar-refractivity contribution >= 4 is 27.7 Å². The lowest BCUT2D eigenvalue weighted by molar-refractivity contribution is 0.0844. The molecule has 0 atom stereocenters. The van der Waals surface area contributed by atoms with Crippen LogP contribution >= 0.6 is 15.9 Å². The fourth-order valence-corrected chi connectivity index (χ4v) is 2.64. The van der Waals surface area contributed by atoms with Gasteiger partial charge >= 0.3 is 0 Å². The zero-order valence-corrected chi connectivity index (χ0v) is 18.7. The second-order valence-electron chi connectivity index (χ2n) is 7.48. The molecule has 29 heavy (non-hydrogen) atoms. The molecule has 0 radical (unpaired) electrons. The van der Waals surface area contributed by atoms with Crippen LogP contribution in [0.5, 0.6) is 11.5 Å². The summed E-state index contributed by atoms with van der Waals surface area (Å²) in [6.07, 6.45) is 0. The van der Waals surface area contributed by atoms with Gasteiger partial charge in [0, 0.05) is 10.0 Å². The molecule has 2 aromatic rings. The van der Waals surface area contributed by atoms with Crippen LogP contribution in [0.2, 0.25) is 0 Å². The summed E-state index contributed by atoms with van der Waals surface area (Å²) in [5, 5.41) is 0. The van der Waals surface area contributed by atoms with E-state index in [9.17, 15) is 9.59 Å². The maximum absolute atomic E-state index is 12.6. The van der Waals surface area contributed by atoms with Crippen LogP contribution in [0.1, 0.15) is 48.4 Å². The number of carbonyl (C=O) groups is 2. The monoisotopic (exact) mass is 462 g/mol. The molecule has 0 heterocycles. The van der Waals surface area contributed by atoms with E-state index in [2.05, 4.69) is 40.6 Å². The molecular formula is C22H27BrN2O4. The smallest absolute Gasteiger partial charge is 0.273 e. The molecule has 6 nitrogen and oxygen atoms in total. The number of benzene rings is 2. The van der Waals surface area contributed by atoms with Crippen LogP contribution in [-0.2, 0) is 0 Å². The van der Waals surface area contributed by atoms with Crippen molar-refractivity contribution in [3.63, 3.8) is 0 Å². The lowest BCUT2D eigenvalue weighted by Crippen LogP contribution is -2.41. The molecule has 0 unspecified atom stereocenters. The van der Waals surface area contributed by atoms with Gasteiger partial charge in [-0.3, -0.25) is 20.4 Å². The highest BCUT2D eigenvalue weighted by molar-refractivity contribution is 9.10. The quantitative estimate of drug-likeness (QED) is 0.562.